The number of pyridine rings is 2. The van der Waals surface area contributed by atoms with Gasteiger partial charge in [-0.3, -0.25) is 19.1 Å². The predicted octanol–water partition coefficient (Wildman–Crippen LogP) is 7.35. The average molecular weight is 702 g/mol. The number of nitrogens with zero attached hydrogens (tertiary/aromatic N) is 5. The van der Waals surface area contributed by atoms with Crippen LogP contribution in [0.4, 0.5) is 25.8 Å². The number of aromatic nitrogens is 2. The summed E-state index contributed by atoms with van der Waals surface area (Å²) in [7, 11) is 1.79. The highest BCUT2D eigenvalue weighted by Gasteiger charge is 2.42. The minimum absolute atomic E-state index is 0.0830. The first-order valence-corrected chi connectivity index (χ1v) is 16.2. The fourth-order valence-corrected chi connectivity index (χ4v) is 7.79. The molecule has 246 valence electrons. The Hall–Kier alpha value is -3.86. The van der Waals surface area contributed by atoms with Gasteiger partial charge in [0.15, 0.2) is 5.82 Å². The fourth-order valence-electron chi connectivity index (χ4n) is 6.96. The molecular weight excluding hydrogens is 669 g/mol. The molecule has 0 bridgehead atoms. The summed E-state index contributed by atoms with van der Waals surface area (Å²) >= 11 is 19.6. The highest BCUT2D eigenvalue weighted by Crippen LogP contribution is 2.49. The van der Waals surface area contributed by atoms with Crippen molar-refractivity contribution in [2.75, 3.05) is 42.2 Å². The number of carbonyl (C=O) groups is 1. The van der Waals surface area contributed by atoms with Gasteiger partial charge in [-0.15, -0.1) is 0 Å². The van der Waals surface area contributed by atoms with E-state index in [-0.39, 0.29) is 55.7 Å². The molecule has 0 aliphatic carbocycles. The van der Waals surface area contributed by atoms with Gasteiger partial charge in [-0.05, 0) is 49.6 Å². The average Bonchev–Trinajstić information content (AvgIpc) is 3.01. The van der Waals surface area contributed by atoms with Crippen molar-refractivity contribution in [1.82, 2.24) is 14.5 Å². The summed E-state index contributed by atoms with van der Waals surface area (Å²) in [4.78, 5) is 37.9. The number of hydrogen-bond donors (Lipinski definition) is 1. The molecule has 2 aromatic carbocycles. The monoisotopic (exact) mass is 700 g/mol. The number of hydrogen-bond acceptors (Lipinski definition) is 6. The third-order valence-corrected chi connectivity index (χ3v) is 10.1. The highest BCUT2D eigenvalue weighted by molar-refractivity contribution is 6.40. The summed E-state index contributed by atoms with van der Waals surface area (Å²) in [5.41, 5.74) is 7.55. The maximum absolute atomic E-state index is 16.6. The number of anilines is 3. The van der Waals surface area contributed by atoms with Crippen molar-refractivity contribution in [3.05, 3.63) is 85.4 Å². The van der Waals surface area contributed by atoms with Gasteiger partial charge in [0.25, 0.3) is 5.56 Å². The van der Waals surface area contributed by atoms with E-state index in [1.165, 1.54) is 16.7 Å². The molecule has 47 heavy (non-hydrogen) atoms. The number of fused-ring (bicyclic) bond motifs is 5. The predicted molar refractivity (Wildman–Crippen MR) is 187 cm³/mol. The molecule has 4 heterocycles. The van der Waals surface area contributed by atoms with Crippen LogP contribution in [-0.2, 0) is 4.79 Å². The minimum atomic E-state index is -1.00. The summed E-state index contributed by atoms with van der Waals surface area (Å²) < 4.78 is 33.8. The molecule has 2 aromatic heterocycles. The summed E-state index contributed by atoms with van der Waals surface area (Å²) in [6.07, 6.45) is 2.95. The Balaban J connectivity index is 1.79. The van der Waals surface area contributed by atoms with Crippen LogP contribution in [0.2, 0.25) is 15.1 Å². The van der Waals surface area contributed by atoms with E-state index in [0.717, 1.165) is 11.6 Å². The largest absolute Gasteiger partial charge is 0.397 e. The lowest BCUT2D eigenvalue weighted by Gasteiger charge is -2.51. The van der Waals surface area contributed by atoms with Gasteiger partial charge >= 0.3 is 0 Å². The molecule has 2 unspecified atom stereocenters. The van der Waals surface area contributed by atoms with Crippen LogP contribution in [0.15, 0.2) is 41.8 Å². The first-order valence-electron chi connectivity index (χ1n) is 15.1. The van der Waals surface area contributed by atoms with Gasteiger partial charge in [0.05, 0.1) is 49.4 Å². The number of benzene rings is 2. The molecule has 13 heteroatoms. The zero-order valence-corrected chi connectivity index (χ0v) is 28.7. The van der Waals surface area contributed by atoms with Crippen LogP contribution in [0.1, 0.15) is 37.9 Å². The maximum Gasteiger partial charge on any atom is 0.281 e. The standard InChI is InChI=1S/C34H33Cl3F2N6O2/c1-7-23(46)43-14-18-13-42(6)33-32(44(18)12-17(43)5)19-10-22(38)24(25-27(39)20(35)11-21(36)28(25)40)26(37)31(19)45(34(33)47)30-16(4)8-9-41-29(30)15(2)3/h7-11,15,17-18H,1,12-14,40H2,2-6H3. The molecule has 2 N–H and O–H groups in total. The van der Waals surface area contributed by atoms with Crippen molar-refractivity contribution in [2.24, 2.45) is 0 Å². The van der Waals surface area contributed by atoms with E-state index < -0.39 is 22.8 Å². The van der Waals surface area contributed by atoms with Crippen LogP contribution in [-0.4, -0.2) is 59.1 Å². The van der Waals surface area contributed by atoms with Gasteiger partial charge in [-0.1, -0.05) is 55.2 Å². The maximum atomic E-state index is 16.6. The number of likely N-dealkylation sites (N-methyl/N-ethyl adjacent to an activating group) is 1. The van der Waals surface area contributed by atoms with E-state index in [1.807, 2.05) is 37.5 Å². The molecule has 8 nitrogen and oxygen atoms in total. The number of nitrogens with two attached hydrogens (primary N) is 1. The van der Waals surface area contributed by atoms with E-state index in [1.54, 1.807) is 24.2 Å². The van der Waals surface area contributed by atoms with Crippen molar-refractivity contribution in [3.63, 3.8) is 0 Å². The Morgan fingerprint density at radius 1 is 1.09 bits per heavy atom. The van der Waals surface area contributed by atoms with Crippen LogP contribution < -0.4 is 21.1 Å². The first-order chi connectivity index (χ1) is 22.2. The SMILES string of the molecule is C=CC(=O)N1CC2CN(C)c3c(c4cc(F)c(-c5c(N)c(Cl)cc(Cl)c5F)c(Cl)c4n(-c4c(C)ccnc4C(C)C)c3=O)N2CC1C. The molecule has 6 rings (SSSR count). The Kier molecular flexibility index (Phi) is 8.43. The van der Waals surface area contributed by atoms with Gasteiger partial charge < -0.3 is 20.4 Å². The summed E-state index contributed by atoms with van der Waals surface area (Å²) in [6, 6.07) is 3.68. The quantitative estimate of drug-likeness (QED) is 0.136. The Morgan fingerprint density at radius 2 is 1.79 bits per heavy atom. The molecule has 2 aliphatic heterocycles. The normalized spacial score (nSPS) is 17.7. The lowest BCUT2D eigenvalue weighted by atomic mass is 9.95. The molecule has 1 amide bonds. The van der Waals surface area contributed by atoms with E-state index in [2.05, 4.69) is 11.6 Å². The van der Waals surface area contributed by atoms with Gasteiger partial charge in [0.1, 0.15) is 11.5 Å². The number of piperazine rings is 1. The van der Waals surface area contributed by atoms with Crippen molar-refractivity contribution < 1.29 is 13.6 Å². The zero-order valence-electron chi connectivity index (χ0n) is 26.5. The second-order valence-electron chi connectivity index (χ2n) is 12.5. The van der Waals surface area contributed by atoms with Crippen LogP contribution >= 0.6 is 34.8 Å². The Bertz CT molecular complexity index is 2040. The van der Waals surface area contributed by atoms with E-state index >= 15 is 8.78 Å². The van der Waals surface area contributed by atoms with Crippen molar-refractivity contribution in [3.8, 4) is 16.8 Å². The Morgan fingerprint density at radius 3 is 2.45 bits per heavy atom. The van der Waals surface area contributed by atoms with Crippen molar-refractivity contribution in [2.45, 2.75) is 45.7 Å². The van der Waals surface area contributed by atoms with Crippen LogP contribution in [0.3, 0.4) is 0 Å². The third kappa shape index (κ3) is 5.03. The number of aryl methyl sites for hydroxylation is 1. The van der Waals surface area contributed by atoms with Crippen LogP contribution in [0.25, 0.3) is 27.7 Å². The Labute approximate surface area is 285 Å². The molecule has 0 radical (unpaired) electrons. The van der Waals surface area contributed by atoms with Crippen molar-refractivity contribution in [1.29, 1.82) is 0 Å². The molecule has 1 fully saturated rings. The van der Waals surface area contributed by atoms with Gasteiger partial charge in [0.2, 0.25) is 5.91 Å². The van der Waals surface area contributed by atoms with Gasteiger partial charge in [-0.25, -0.2) is 8.78 Å². The minimum Gasteiger partial charge on any atom is -0.397 e. The number of rotatable bonds is 4. The molecule has 2 atom stereocenters. The smallest absolute Gasteiger partial charge is 0.281 e. The number of nitrogen functional groups attached to an aromatic ring is 1. The van der Waals surface area contributed by atoms with Crippen LogP contribution in [0.5, 0.6) is 0 Å². The van der Waals surface area contributed by atoms with Gasteiger partial charge in [-0.2, -0.15) is 0 Å². The zero-order chi connectivity index (χ0) is 34.2. The van der Waals surface area contributed by atoms with Crippen molar-refractivity contribution >= 4 is 68.7 Å². The molecule has 1 saturated heterocycles. The first kappa shape index (κ1) is 33.1. The number of carbonyl (C=O) groups excluding carboxylic acids is 1. The summed E-state index contributed by atoms with van der Waals surface area (Å²) in [5.74, 6) is -2.20. The van der Waals surface area contributed by atoms with E-state index in [4.69, 9.17) is 40.5 Å². The van der Waals surface area contributed by atoms with E-state index in [9.17, 15) is 9.59 Å². The number of halogens is 5. The second kappa shape index (κ2) is 12.0. The highest BCUT2D eigenvalue weighted by atomic mass is 35.5. The third-order valence-electron chi connectivity index (χ3n) is 9.14. The fraction of sp³-hybridized carbons (Fsp3) is 0.324. The molecule has 0 saturated carbocycles. The second-order valence-corrected chi connectivity index (χ2v) is 13.7. The van der Waals surface area contributed by atoms with Gasteiger partial charge in [0, 0.05) is 55.4 Å². The molecular formula is C34H33Cl3F2N6O2. The molecule has 0 spiro atoms. The topological polar surface area (TPSA) is 87.7 Å². The molecule has 2 aliphatic rings. The lowest BCUT2D eigenvalue weighted by Crippen LogP contribution is -2.64. The molecule has 4 aromatic rings. The summed E-state index contributed by atoms with van der Waals surface area (Å²) in [5, 5.41) is -0.378. The van der Waals surface area contributed by atoms with E-state index in [0.29, 0.717) is 47.8 Å². The lowest BCUT2D eigenvalue weighted by molar-refractivity contribution is -0.128. The summed E-state index contributed by atoms with van der Waals surface area (Å²) in [6.45, 7) is 12.5. The van der Waals surface area contributed by atoms with Crippen LogP contribution in [0, 0.1) is 18.6 Å². The number of amides is 1.